The van der Waals surface area contributed by atoms with Crippen LogP contribution in [0.1, 0.15) is 20.2 Å². The van der Waals surface area contributed by atoms with E-state index in [1.807, 2.05) is 0 Å². The van der Waals surface area contributed by atoms with E-state index in [4.69, 9.17) is 5.11 Å². The van der Waals surface area contributed by atoms with Crippen LogP contribution in [0, 0.1) is 0 Å². The van der Waals surface area contributed by atoms with Crippen LogP contribution in [0.25, 0.3) is 12.2 Å². The predicted molar refractivity (Wildman–Crippen MR) is 77.6 cm³/mol. The summed E-state index contributed by atoms with van der Waals surface area (Å²) < 4.78 is 22.6. The number of hydrogen-bond acceptors (Lipinski definition) is 5. The number of sulfone groups is 1. The lowest BCUT2D eigenvalue weighted by Gasteiger charge is -1.98. The molecule has 0 amide bonds. The van der Waals surface area contributed by atoms with E-state index in [1.165, 1.54) is 18.3 Å². The summed E-state index contributed by atoms with van der Waals surface area (Å²) in [6.45, 7) is 0. The van der Waals surface area contributed by atoms with E-state index >= 15 is 0 Å². The van der Waals surface area contributed by atoms with Crippen LogP contribution in [0.5, 0.6) is 0 Å². The number of carboxylic acid groups (broad SMARTS) is 1. The Kier molecular flexibility index (Phi) is 4.01. The van der Waals surface area contributed by atoms with Gasteiger partial charge in [-0.25, -0.2) is 18.2 Å². The molecule has 7 heteroatoms. The molecule has 0 fully saturated rings. The van der Waals surface area contributed by atoms with Crippen molar-refractivity contribution in [2.45, 2.75) is 4.90 Å². The highest BCUT2D eigenvalue weighted by molar-refractivity contribution is 7.90. The smallest absolute Gasteiger partial charge is 0.347 e. The Morgan fingerprint density at radius 3 is 2.40 bits per heavy atom. The first-order valence-electron chi connectivity index (χ1n) is 5.53. The second-order valence-corrected chi connectivity index (χ2v) is 7.12. The Balaban J connectivity index is 2.17. The number of rotatable bonds is 4. The van der Waals surface area contributed by atoms with Crippen molar-refractivity contribution < 1.29 is 18.3 Å². The molecule has 0 aliphatic rings. The third-order valence-corrected chi connectivity index (χ3v) is 4.54. The third-order valence-electron chi connectivity index (χ3n) is 2.46. The van der Waals surface area contributed by atoms with Crippen LogP contribution in [-0.2, 0) is 9.84 Å². The minimum Gasteiger partial charge on any atom is -0.477 e. The zero-order chi connectivity index (χ0) is 14.8. The van der Waals surface area contributed by atoms with Gasteiger partial charge in [0.05, 0.1) is 11.1 Å². The maximum atomic E-state index is 11.3. The summed E-state index contributed by atoms with van der Waals surface area (Å²) >= 11 is 1.07. The van der Waals surface area contributed by atoms with Gasteiger partial charge in [-0.2, -0.15) is 0 Å². The molecule has 0 spiro atoms. The summed E-state index contributed by atoms with van der Waals surface area (Å²) in [5.41, 5.74) is 0.810. The molecule has 0 saturated heterocycles. The molecular formula is C13H11NO4S2. The Labute approximate surface area is 120 Å². The van der Waals surface area contributed by atoms with Gasteiger partial charge < -0.3 is 5.11 Å². The zero-order valence-electron chi connectivity index (χ0n) is 10.5. The summed E-state index contributed by atoms with van der Waals surface area (Å²) in [5, 5.41) is 9.36. The molecule has 0 saturated carbocycles. The van der Waals surface area contributed by atoms with Crippen LogP contribution in [0.4, 0.5) is 0 Å². The Morgan fingerprint density at radius 2 is 1.90 bits per heavy atom. The van der Waals surface area contributed by atoms with Crippen molar-refractivity contribution in [2.24, 2.45) is 0 Å². The molecule has 0 bridgehead atoms. The fourth-order valence-corrected chi connectivity index (χ4v) is 2.75. The molecule has 0 atom stereocenters. The van der Waals surface area contributed by atoms with Crippen molar-refractivity contribution >= 4 is 39.3 Å². The van der Waals surface area contributed by atoms with E-state index in [1.54, 1.807) is 24.3 Å². The Morgan fingerprint density at radius 1 is 1.25 bits per heavy atom. The molecular weight excluding hydrogens is 298 g/mol. The molecule has 0 unspecified atom stereocenters. The molecule has 1 aromatic heterocycles. The number of thiazole rings is 1. The van der Waals surface area contributed by atoms with Gasteiger partial charge in [-0.15, -0.1) is 11.3 Å². The van der Waals surface area contributed by atoms with Gasteiger partial charge in [-0.05, 0) is 23.8 Å². The lowest BCUT2D eigenvalue weighted by atomic mass is 10.2. The highest BCUT2D eigenvalue weighted by Crippen LogP contribution is 2.17. The first-order valence-corrected chi connectivity index (χ1v) is 8.24. The lowest BCUT2D eigenvalue weighted by Crippen LogP contribution is -1.95. The minimum absolute atomic E-state index is 0.178. The maximum absolute atomic E-state index is 11.3. The molecule has 0 aliphatic heterocycles. The topological polar surface area (TPSA) is 84.3 Å². The number of aromatic carboxylic acids is 1. The largest absolute Gasteiger partial charge is 0.477 e. The first kappa shape index (κ1) is 14.4. The molecule has 1 heterocycles. The standard InChI is InChI=1S/C13H11NO4S2/c1-20(17,18)10-5-2-9(3-6-10)4-7-12-14-8-11(19-12)13(15)16/h2-8H,1H3,(H,15,16)/b7-4+. The van der Waals surface area contributed by atoms with Crippen LogP contribution >= 0.6 is 11.3 Å². The van der Waals surface area contributed by atoms with Crippen molar-refractivity contribution in [2.75, 3.05) is 6.26 Å². The van der Waals surface area contributed by atoms with Crippen molar-refractivity contribution in [3.8, 4) is 0 Å². The molecule has 5 nitrogen and oxygen atoms in total. The van der Waals surface area contributed by atoms with Gasteiger partial charge in [0.25, 0.3) is 0 Å². The maximum Gasteiger partial charge on any atom is 0.347 e. The fraction of sp³-hybridized carbons (Fsp3) is 0.0769. The van der Waals surface area contributed by atoms with Crippen molar-refractivity contribution in [1.29, 1.82) is 0 Å². The van der Waals surface area contributed by atoms with Gasteiger partial charge in [-0.1, -0.05) is 18.2 Å². The van der Waals surface area contributed by atoms with Gasteiger partial charge in [0.1, 0.15) is 9.88 Å². The molecule has 1 aromatic carbocycles. The predicted octanol–water partition coefficient (Wildman–Crippen LogP) is 2.42. The van der Waals surface area contributed by atoms with Gasteiger partial charge in [0, 0.05) is 6.26 Å². The molecule has 0 radical (unpaired) electrons. The summed E-state index contributed by atoms with van der Waals surface area (Å²) in [6, 6.07) is 6.41. The average Bonchev–Trinajstić information content (AvgIpc) is 2.85. The van der Waals surface area contributed by atoms with Gasteiger partial charge in [0.2, 0.25) is 0 Å². The zero-order valence-corrected chi connectivity index (χ0v) is 12.1. The Bertz CT molecular complexity index is 758. The van der Waals surface area contributed by atoms with Crippen LogP contribution in [0.2, 0.25) is 0 Å². The normalized spacial score (nSPS) is 11.8. The third kappa shape index (κ3) is 3.52. The number of nitrogens with zero attached hydrogens (tertiary/aromatic N) is 1. The Hall–Kier alpha value is -1.99. The van der Waals surface area contributed by atoms with Crippen LogP contribution in [-0.4, -0.2) is 30.7 Å². The highest BCUT2D eigenvalue weighted by Gasteiger charge is 2.07. The van der Waals surface area contributed by atoms with Crippen LogP contribution in [0.15, 0.2) is 35.4 Å². The second-order valence-electron chi connectivity index (χ2n) is 4.04. The summed E-state index contributed by atoms with van der Waals surface area (Å²) in [5.74, 6) is -1.00. The van der Waals surface area contributed by atoms with Gasteiger partial charge in [-0.3, -0.25) is 0 Å². The number of aromatic nitrogens is 1. The summed E-state index contributed by atoms with van der Waals surface area (Å²) in [4.78, 5) is 15.1. The first-order chi connectivity index (χ1) is 9.36. The van der Waals surface area contributed by atoms with Crippen molar-refractivity contribution in [3.05, 3.63) is 45.9 Å². The second kappa shape index (κ2) is 5.56. The SMILES string of the molecule is CS(=O)(=O)c1ccc(/C=C/c2ncc(C(=O)O)s2)cc1. The molecule has 104 valence electrons. The average molecular weight is 309 g/mol. The quantitative estimate of drug-likeness (QED) is 0.937. The minimum atomic E-state index is -3.19. The van der Waals surface area contributed by atoms with Gasteiger partial charge in [0.15, 0.2) is 9.84 Å². The molecule has 1 N–H and O–H groups in total. The van der Waals surface area contributed by atoms with E-state index < -0.39 is 15.8 Å². The molecule has 2 aromatic rings. The van der Waals surface area contributed by atoms with Gasteiger partial charge >= 0.3 is 5.97 Å². The van der Waals surface area contributed by atoms with E-state index in [9.17, 15) is 13.2 Å². The molecule has 0 aliphatic carbocycles. The van der Waals surface area contributed by atoms with E-state index in [0.29, 0.717) is 5.01 Å². The fourth-order valence-electron chi connectivity index (χ4n) is 1.46. The lowest BCUT2D eigenvalue weighted by molar-refractivity contribution is 0.0702. The molecule has 20 heavy (non-hydrogen) atoms. The van der Waals surface area contributed by atoms with Crippen LogP contribution in [0.3, 0.4) is 0 Å². The van der Waals surface area contributed by atoms with Crippen molar-refractivity contribution in [1.82, 2.24) is 4.98 Å². The number of hydrogen-bond donors (Lipinski definition) is 1. The highest BCUT2D eigenvalue weighted by atomic mass is 32.2. The van der Waals surface area contributed by atoms with E-state index in [0.717, 1.165) is 23.2 Å². The number of carboxylic acids is 1. The number of benzene rings is 1. The number of carbonyl (C=O) groups is 1. The summed E-state index contributed by atoms with van der Waals surface area (Å²) in [7, 11) is -3.19. The summed E-state index contributed by atoms with van der Waals surface area (Å²) in [6.07, 6.45) is 5.89. The van der Waals surface area contributed by atoms with E-state index in [-0.39, 0.29) is 9.77 Å². The van der Waals surface area contributed by atoms with E-state index in [2.05, 4.69) is 4.98 Å². The molecule has 2 rings (SSSR count). The van der Waals surface area contributed by atoms with Crippen LogP contribution < -0.4 is 0 Å². The van der Waals surface area contributed by atoms with Crippen molar-refractivity contribution in [3.63, 3.8) is 0 Å². The monoisotopic (exact) mass is 309 g/mol.